The minimum absolute atomic E-state index is 0.0311. The van der Waals surface area contributed by atoms with Gasteiger partial charge in [0.05, 0.1) is 10.8 Å². The molecule has 0 radical (unpaired) electrons. The average molecular weight is 350 g/mol. The maximum atomic E-state index is 14.1. The lowest BCUT2D eigenvalue weighted by Crippen LogP contribution is -2.23. The van der Waals surface area contributed by atoms with Gasteiger partial charge in [-0.05, 0) is 37.5 Å². The number of alkyl halides is 3. The topological polar surface area (TPSA) is 32.7 Å². The van der Waals surface area contributed by atoms with Gasteiger partial charge in [0.1, 0.15) is 23.1 Å². The zero-order valence-electron chi connectivity index (χ0n) is 13.1. The number of aryl methyl sites for hydroxylation is 1. The molecule has 1 aliphatic rings. The zero-order chi connectivity index (χ0) is 17.4. The van der Waals surface area contributed by atoms with E-state index in [1.165, 1.54) is 13.0 Å². The number of nitrogens with zero attached hydrogens (tertiary/aromatic N) is 2. The fourth-order valence-corrected chi connectivity index (χ4v) is 3.33. The van der Waals surface area contributed by atoms with Crippen LogP contribution < -0.4 is 0 Å². The molecule has 1 aromatic rings. The molecule has 1 unspecified atom stereocenters. The zero-order valence-corrected chi connectivity index (χ0v) is 13.9. The van der Waals surface area contributed by atoms with Gasteiger partial charge in [-0.25, -0.2) is 9.38 Å². The van der Waals surface area contributed by atoms with Crippen molar-refractivity contribution in [2.75, 3.05) is 19.8 Å². The highest BCUT2D eigenvalue weighted by molar-refractivity contribution is 7.85. The first-order valence-electron chi connectivity index (χ1n) is 7.09. The molecular formula is C15H18F4N2OS. The number of hydrogen-bond donors (Lipinski definition) is 0. The Hall–Kier alpha value is -1.44. The molecule has 1 atom stereocenters. The van der Waals surface area contributed by atoms with Crippen LogP contribution in [0.15, 0.2) is 22.0 Å². The summed E-state index contributed by atoms with van der Waals surface area (Å²) in [5, 5.41) is 0. The molecule has 0 amide bonds. The van der Waals surface area contributed by atoms with Crippen LogP contribution in [0, 0.1) is 18.7 Å². The van der Waals surface area contributed by atoms with E-state index in [0.717, 1.165) is 18.9 Å². The molecule has 3 nitrogen and oxygen atoms in total. The SMILES string of the molecule is Cc1cc(F)c(N=C(C2CC2)N(C)C)cc1S(=O)CC(F)(F)F. The minimum Gasteiger partial charge on any atom is -0.366 e. The Bertz CT molecular complexity index is 648. The highest BCUT2D eigenvalue weighted by atomic mass is 32.2. The summed E-state index contributed by atoms with van der Waals surface area (Å²) in [6.45, 7) is 1.44. The van der Waals surface area contributed by atoms with Crippen LogP contribution in [0.25, 0.3) is 0 Å². The molecule has 1 saturated carbocycles. The average Bonchev–Trinajstić information content (AvgIpc) is 3.19. The van der Waals surface area contributed by atoms with E-state index in [2.05, 4.69) is 4.99 Å². The second-order valence-electron chi connectivity index (χ2n) is 5.81. The Morgan fingerprint density at radius 3 is 2.43 bits per heavy atom. The third-order valence-electron chi connectivity index (χ3n) is 3.42. The quantitative estimate of drug-likeness (QED) is 0.470. The van der Waals surface area contributed by atoms with Crippen molar-refractivity contribution < 1.29 is 21.8 Å². The van der Waals surface area contributed by atoms with Crippen LogP contribution in [0.5, 0.6) is 0 Å². The Morgan fingerprint density at radius 1 is 1.35 bits per heavy atom. The Kier molecular flexibility index (Phi) is 5.13. The predicted molar refractivity (Wildman–Crippen MR) is 82.0 cm³/mol. The van der Waals surface area contributed by atoms with Crippen LogP contribution in [-0.4, -0.2) is 41.0 Å². The number of benzene rings is 1. The molecule has 0 aliphatic heterocycles. The highest BCUT2D eigenvalue weighted by Crippen LogP contribution is 2.34. The van der Waals surface area contributed by atoms with Crippen molar-refractivity contribution in [2.24, 2.45) is 10.9 Å². The second-order valence-corrected chi connectivity index (χ2v) is 7.23. The molecule has 0 spiro atoms. The number of halogens is 4. The monoisotopic (exact) mass is 350 g/mol. The number of hydrogen-bond acceptors (Lipinski definition) is 2. The van der Waals surface area contributed by atoms with Crippen molar-refractivity contribution in [3.63, 3.8) is 0 Å². The first-order chi connectivity index (χ1) is 10.6. The molecule has 23 heavy (non-hydrogen) atoms. The molecule has 0 N–H and O–H groups in total. The maximum Gasteiger partial charge on any atom is 0.400 e. The molecule has 2 rings (SSSR count). The van der Waals surface area contributed by atoms with Crippen molar-refractivity contribution in [3.05, 3.63) is 23.5 Å². The molecule has 0 saturated heterocycles. The van der Waals surface area contributed by atoms with Gasteiger partial charge in [-0.2, -0.15) is 13.2 Å². The van der Waals surface area contributed by atoms with Gasteiger partial charge >= 0.3 is 6.18 Å². The molecule has 0 aromatic heterocycles. The van der Waals surface area contributed by atoms with E-state index in [0.29, 0.717) is 5.84 Å². The summed E-state index contributed by atoms with van der Waals surface area (Å²) in [4.78, 5) is 5.99. The van der Waals surface area contributed by atoms with Gasteiger partial charge < -0.3 is 4.90 Å². The van der Waals surface area contributed by atoms with Crippen molar-refractivity contribution in [3.8, 4) is 0 Å². The normalized spacial score (nSPS) is 17.3. The van der Waals surface area contributed by atoms with Crippen LogP contribution in [0.1, 0.15) is 18.4 Å². The van der Waals surface area contributed by atoms with Gasteiger partial charge in [-0.1, -0.05) is 0 Å². The van der Waals surface area contributed by atoms with Crippen molar-refractivity contribution in [2.45, 2.75) is 30.8 Å². The molecule has 8 heteroatoms. The highest BCUT2D eigenvalue weighted by Gasteiger charge is 2.32. The van der Waals surface area contributed by atoms with Crippen LogP contribution in [0.3, 0.4) is 0 Å². The first kappa shape index (κ1) is 17.9. The van der Waals surface area contributed by atoms with E-state index in [9.17, 15) is 21.8 Å². The van der Waals surface area contributed by atoms with Crippen molar-refractivity contribution in [1.82, 2.24) is 4.90 Å². The number of aliphatic imine (C=N–C) groups is 1. The van der Waals surface area contributed by atoms with E-state index in [4.69, 9.17) is 0 Å². The summed E-state index contributed by atoms with van der Waals surface area (Å²) in [5.74, 6) is -1.16. The van der Waals surface area contributed by atoms with Crippen LogP contribution >= 0.6 is 0 Å². The summed E-state index contributed by atoms with van der Waals surface area (Å²) in [6, 6.07) is 2.25. The first-order valence-corrected chi connectivity index (χ1v) is 8.41. The minimum atomic E-state index is -4.54. The lowest BCUT2D eigenvalue weighted by atomic mass is 10.2. The standard InChI is InChI=1S/C15H18F4N2OS/c1-9-6-11(16)12(20-14(21(2)3)10-4-5-10)7-13(9)23(22)8-15(17,18)19/h6-7,10H,4-5,8H2,1-3H3. The van der Waals surface area contributed by atoms with E-state index in [-0.39, 0.29) is 22.1 Å². The van der Waals surface area contributed by atoms with Crippen LogP contribution in [0.4, 0.5) is 23.2 Å². The smallest absolute Gasteiger partial charge is 0.366 e. The number of amidine groups is 1. The Balaban J connectivity index is 2.40. The van der Waals surface area contributed by atoms with E-state index < -0.39 is 28.5 Å². The molecule has 0 heterocycles. The van der Waals surface area contributed by atoms with Crippen LogP contribution in [-0.2, 0) is 10.8 Å². The molecule has 1 fully saturated rings. The fraction of sp³-hybridized carbons (Fsp3) is 0.533. The maximum absolute atomic E-state index is 14.1. The van der Waals surface area contributed by atoms with E-state index >= 15 is 0 Å². The van der Waals surface area contributed by atoms with Gasteiger partial charge in [0, 0.05) is 24.9 Å². The predicted octanol–water partition coefficient (Wildman–Crippen LogP) is 3.81. The van der Waals surface area contributed by atoms with Crippen molar-refractivity contribution in [1.29, 1.82) is 0 Å². The van der Waals surface area contributed by atoms with Gasteiger partial charge in [0.2, 0.25) is 0 Å². The summed E-state index contributed by atoms with van der Waals surface area (Å²) in [5.41, 5.74) is 0.151. The lowest BCUT2D eigenvalue weighted by Gasteiger charge is -2.16. The summed E-state index contributed by atoms with van der Waals surface area (Å²) in [6.07, 6.45) is -2.63. The summed E-state index contributed by atoms with van der Waals surface area (Å²) >= 11 is 0. The summed E-state index contributed by atoms with van der Waals surface area (Å²) in [7, 11) is 1.29. The van der Waals surface area contributed by atoms with Gasteiger partial charge in [-0.3, -0.25) is 4.21 Å². The molecule has 0 bridgehead atoms. The fourth-order valence-electron chi connectivity index (χ4n) is 2.22. The van der Waals surface area contributed by atoms with Crippen molar-refractivity contribution >= 4 is 22.3 Å². The second kappa shape index (κ2) is 6.59. The molecule has 1 aliphatic carbocycles. The number of rotatable bonds is 4. The third kappa shape index (κ3) is 4.76. The lowest BCUT2D eigenvalue weighted by molar-refractivity contribution is -0.105. The van der Waals surface area contributed by atoms with E-state index in [1.54, 1.807) is 19.0 Å². The molecule has 1 aromatic carbocycles. The van der Waals surface area contributed by atoms with Gasteiger partial charge in [0.25, 0.3) is 0 Å². The summed E-state index contributed by atoms with van der Waals surface area (Å²) < 4.78 is 63.3. The third-order valence-corrected chi connectivity index (χ3v) is 4.94. The van der Waals surface area contributed by atoms with Crippen LogP contribution in [0.2, 0.25) is 0 Å². The molecule has 128 valence electrons. The van der Waals surface area contributed by atoms with E-state index in [1.807, 2.05) is 0 Å². The Labute approximate surface area is 134 Å². The molecular weight excluding hydrogens is 332 g/mol. The van der Waals surface area contributed by atoms with Gasteiger partial charge in [-0.15, -0.1) is 0 Å². The largest absolute Gasteiger partial charge is 0.400 e. The Morgan fingerprint density at radius 2 is 1.96 bits per heavy atom. The van der Waals surface area contributed by atoms with Gasteiger partial charge in [0.15, 0.2) is 0 Å².